The van der Waals surface area contributed by atoms with E-state index < -0.39 is 5.97 Å². The van der Waals surface area contributed by atoms with Crippen LogP contribution in [-0.2, 0) is 9.59 Å². The van der Waals surface area contributed by atoms with E-state index >= 15 is 0 Å². The topological polar surface area (TPSA) is 84.9 Å². The predicted octanol–water partition coefficient (Wildman–Crippen LogP) is 2.94. The summed E-state index contributed by atoms with van der Waals surface area (Å²) in [7, 11) is 2.96. The number of halogens is 1. The summed E-state index contributed by atoms with van der Waals surface area (Å²) >= 11 is 6.01. The van der Waals surface area contributed by atoms with Crippen LogP contribution in [-0.4, -0.2) is 31.2 Å². The van der Waals surface area contributed by atoms with E-state index in [1.54, 1.807) is 12.1 Å². The van der Waals surface area contributed by atoms with Crippen LogP contribution < -0.4 is 14.8 Å². The van der Waals surface area contributed by atoms with Crippen LogP contribution in [0.25, 0.3) is 0 Å². The summed E-state index contributed by atoms with van der Waals surface area (Å²) in [6.07, 6.45) is 1.26. The largest absolute Gasteiger partial charge is 0.495 e. The predicted molar refractivity (Wildman–Crippen MR) is 79.3 cm³/mol. The number of amides is 1. The van der Waals surface area contributed by atoms with Crippen molar-refractivity contribution in [1.82, 2.24) is 0 Å². The fraction of sp³-hybridized carbons (Fsp3) is 0.429. The smallest absolute Gasteiger partial charge is 0.303 e. The Morgan fingerprint density at radius 1 is 1.14 bits per heavy atom. The molecular weight excluding hydrogens is 298 g/mol. The van der Waals surface area contributed by atoms with Gasteiger partial charge in [0.05, 0.1) is 24.9 Å². The molecule has 0 aliphatic carbocycles. The van der Waals surface area contributed by atoms with E-state index in [2.05, 4.69) is 5.32 Å². The first-order valence-electron chi connectivity index (χ1n) is 6.41. The molecule has 116 valence electrons. The second-order valence-corrected chi connectivity index (χ2v) is 4.74. The van der Waals surface area contributed by atoms with Gasteiger partial charge in [0.15, 0.2) is 0 Å². The number of methoxy groups -OCH3 is 2. The summed E-state index contributed by atoms with van der Waals surface area (Å²) in [5, 5.41) is 11.6. The number of carboxylic acid groups (broad SMARTS) is 1. The minimum Gasteiger partial charge on any atom is -0.495 e. The number of nitrogens with one attached hydrogen (secondary N) is 1. The Labute approximate surface area is 128 Å². The van der Waals surface area contributed by atoms with Gasteiger partial charge in [0.1, 0.15) is 11.5 Å². The van der Waals surface area contributed by atoms with Gasteiger partial charge in [0.2, 0.25) is 5.91 Å². The van der Waals surface area contributed by atoms with Crippen LogP contribution in [0.5, 0.6) is 11.5 Å². The van der Waals surface area contributed by atoms with Gasteiger partial charge in [-0.05, 0) is 18.9 Å². The van der Waals surface area contributed by atoms with Gasteiger partial charge < -0.3 is 19.9 Å². The van der Waals surface area contributed by atoms with Gasteiger partial charge in [-0.2, -0.15) is 0 Å². The first-order chi connectivity index (χ1) is 9.97. The van der Waals surface area contributed by atoms with Crippen molar-refractivity contribution >= 4 is 29.2 Å². The summed E-state index contributed by atoms with van der Waals surface area (Å²) in [5.41, 5.74) is 0.450. The van der Waals surface area contributed by atoms with Gasteiger partial charge in [-0.3, -0.25) is 9.59 Å². The molecule has 1 aromatic carbocycles. The fourth-order valence-electron chi connectivity index (χ4n) is 1.73. The molecule has 0 aliphatic rings. The molecule has 0 saturated carbocycles. The zero-order valence-electron chi connectivity index (χ0n) is 11.9. The molecule has 7 heteroatoms. The quantitative estimate of drug-likeness (QED) is 0.720. The number of carbonyl (C=O) groups is 2. The molecule has 0 unspecified atom stereocenters. The van der Waals surface area contributed by atoms with Crippen molar-refractivity contribution in [2.45, 2.75) is 25.7 Å². The van der Waals surface area contributed by atoms with Crippen LogP contribution in [0.15, 0.2) is 12.1 Å². The minimum atomic E-state index is -0.862. The van der Waals surface area contributed by atoms with Crippen molar-refractivity contribution in [2.24, 2.45) is 0 Å². The first kappa shape index (κ1) is 17.1. The van der Waals surface area contributed by atoms with Crippen LogP contribution >= 0.6 is 11.6 Å². The number of ether oxygens (including phenoxy) is 2. The SMILES string of the molecule is COc1cc(OC)c(NC(=O)CCCCC(=O)O)cc1Cl. The van der Waals surface area contributed by atoms with E-state index in [-0.39, 0.29) is 18.7 Å². The molecular formula is C14H18ClNO5. The zero-order valence-corrected chi connectivity index (χ0v) is 12.7. The summed E-state index contributed by atoms with van der Waals surface area (Å²) in [4.78, 5) is 22.2. The van der Waals surface area contributed by atoms with Crippen molar-refractivity contribution in [2.75, 3.05) is 19.5 Å². The molecule has 0 radical (unpaired) electrons. The van der Waals surface area contributed by atoms with Crippen LogP contribution in [0.3, 0.4) is 0 Å². The van der Waals surface area contributed by atoms with E-state index in [4.69, 9.17) is 26.2 Å². The summed E-state index contributed by atoms with van der Waals surface area (Å²) in [6, 6.07) is 3.14. The normalized spacial score (nSPS) is 10.0. The Bertz CT molecular complexity index is 518. The number of benzene rings is 1. The average molecular weight is 316 g/mol. The van der Waals surface area contributed by atoms with Crippen molar-refractivity contribution in [3.8, 4) is 11.5 Å². The van der Waals surface area contributed by atoms with Gasteiger partial charge in [0.25, 0.3) is 0 Å². The highest BCUT2D eigenvalue weighted by atomic mass is 35.5. The lowest BCUT2D eigenvalue weighted by Crippen LogP contribution is -2.12. The minimum absolute atomic E-state index is 0.0605. The Balaban J connectivity index is 2.63. The molecule has 2 N–H and O–H groups in total. The lowest BCUT2D eigenvalue weighted by Gasteiger charge is -2.13. The lowest BCUT2D eigenvalue weighted by atomic mass is 10.2. The Hall–Kier alpha value is -1.95. The number of anilines is 1. The van der Waals surface area contributed by atoms with Crippen molar-refractivity contribution in [3.05, 3.63) is 17.2 Å². The number of carboxylic acids is 1. The Kier molecular flexibility index (Phi) is 6.81. The standard InChI is InChI=1S/C14H18ClNO5/c1-20-11-8-12(21-2)10(7-9(11)15)16-13(17)5-3-4-6-14(18)19/h7-8H,3-6H2,1-2H3,(H,16,17)(H,18,19). The Morgan fingerprint density at radius 3 is 2.33 bits per heavy atom. The molecule has 1 rings (SSSR count). The molecule has 0 atom stereocenters. The molecule has 1 amide bonds. The van der Waals surface area contributed by atoms with Gasteiger partial charge in [-0.25, -0.2) is 0 Å². The summed E-state index contributed by atoms with van der Waals surface area (Å²) in [6.45, 7) is 0. The number of hydrogen-bond acceptors (Lipinski definition) is 4. The molecule has 0 fully saturated rings. The number of aliphatic carboxylic acids is 1. The second-order valence-electron chi connectivity index (χ2n) is 4.34. The lowest BCUT2D eigenvalue weighted by molar-refractivity contribution is -0.137. The van der Waals surface area contributed by atoms with E-state index in [0.717, 1.165) is 0 Å². The maximum Gasteiger partial charge on any atom is 0.303 e. The first-order valence-corrected chi connectivity index (χ1v) is 6.79. The van der Waals surface area contributed by atoms with Gasteiger partial charge in [-0.15, -0.1) is 0 Å². The van der Waals surface area contributed by atoms with Crippen LogP contribution in [0.4, 0.5) is 5.69 Å². The number of carbonyl (C=O) groups excluding carboxylic acids is 1. The van der Waals surface area contributed by atoms with E-state index in [0.29, 0.717) is 35.1 Å². The molecule has 21 heavy (non-hydrogen) atoms. The van der Waals surface area contributed by atoms with Gasteiger partial charge >= 0.3 is 5.97 Å². The zero-order chi connectivity index (χ0) is 15.8. The maximum absolute atomic E-state index is 11.8. The average Bonchev–Trinajstić information content (AvgIpc) is 2.43. The molecule has 0 saturated heterocycles. The second kappa shape index (κ2) is 8.36. The van der Waals surface area contributed by atoms with Gasteiger partial charge in [-0.1, -0.05) is 11.6 Å². The third-order valence-corrected chi connectivity index (χ3v) is 3.09. The van der Waals surface area contributed by atoms with E-state index in [1.165, 1.54) is 14.2 Å². The fourth-order valence-corrected chi connectivity index (χ4v) is 1.97. The summed E-state index contributed by atoms with van der Waals surface area (Å²) < 4.78 is 10.2. The van der Waals surface area contributed by atoms with Crippen molar-refractivity contribution < 1.29 is 24.2 Å². The monoisotopic (exact) mass is 315 g/mol. The molecule has 0 bridgehead atoms. The molecule has 0 spiro atoms. The highest BCUT2D eigenvalue weighted by Crippen LogP contribution is 2.35. The summed E-state index contributed by atoms with van der Waals surface area (Å²) in [5.74, 6) is -0.193. The van der Waals surface area contributed by atoms with Crippen LogP contribution in [0, 0.1) is 0 Å². The molecule has 1 aromatic rings. The molecule has 0 heterocycles. The maximum atomic E-state index is 11.8. The molecule has 0 aliphatic heterocycles. The van der Waals surface area contributed by atoms with Crippen molar-refractivity contribution in [1.29, 1.82) is 0 Å². The van der Waals surface area contributed by atoms with Crippen LogP contribution in [0.1, 0.15) is 25.7 Å². The number of rotatable bonds is 8. The number of unbranched alkanes of at least 4 members (excludes halogenated alkanes) is 1. The third-order valence-electron chi connectivity index (χ3n) is 2.79. The molecule has 6 nitrogen and oxygen atoms in total. The van der Waals surface area contributed by atoms with Crippen molar-refractivity contribution in [3.63, 3.8) is 0 Å². The Morgan fingerprint density at radius 2 is 1.76 bits per heavy atom. The number of hydrogen-bond donors (Lipinski definition) is 2. The van der Waals surface area contributed by atoms with E-state index in [9.17, 15) is 9.59 Å². The molecule has 0 aromatic heterocycles. The van der Waals surface area contributed by atoms with E-state index in [1.807, 2.05) is 0 Å². The van der Waals surface area contributed by atoms with Crippen LogP contribution in [0.2, 0.25) is 5.02 Å². The highest BCUT2D eigenvalue weighted by molar-refractivity contribution is 6.32. The van der Waals surface area contributed by atoms with Gasteiger partial charge in [0, 0.05) is 18.9 Å². The third kappa shape index (κ3) is 5.51. The highest BCUT2D eigenvalue weighted by Gasteiger charge is 2.12.